The lowest BCUT2D eigenvalue weighted by Crippen LogP contribution is -2.00. The van der Waals surface area contributed by atoms with E-state index >= 15 is 0 Å². The third-order valence-corrected chi connectivity index (χ3v) is 12.5. The van der Waals surface area contributed by atoms with E-state index in [1.165, 1.54) is 33.0 Å². The number of fused-ring (bicyclic) bond motifs is 4. The van der Waals surface area contributed by atoms with Gasteiger partial charge in [-0.2, -0.15) is 0 Å². The monoisotopic (exact) mass is 812 g/mol. The standard InChI is InChI=1S/C60H36N4/c1-61-57-49(26-13-27-50(57)45-21-10-19-43(35-45)47-36-46-22-12-28-53-51-24-7-8-25-52(51)55(37-47)56(46)53)44-20-9-18-42(34-44)38-30-32-41(33-31-38)59-62-58(40-15-3-2-4-16-40)63-60(64-59)54-29-11-17-39-14-5-6-23-48(39)54/h2-37H. The minimum Gasteiger partial charge on any atom is -0.237 e. The van der Waals surface area contributed by atoms with Crippen LogP contribution in [-0.2, 0) is 0 Å². The molecule has 0 saturated heterocycles. The molecule has 1 heterocycles. The van der Waals surface area contributed by atoms with Crippen molar-refractivity contribution in [2.24, 2.45) is 0 Å². The van der Waals surface area contributed by atoms with Gasteiger partial charge in [-0.3, -0.25) is 0 Å². The lowest BCUT2D eigenvalue weighted by molar-refractivity contribution is 1.08. The van der Waals surface area contributed by atoms with Crippen molar-refractivity contribution in [3.05, 3.63) is 230 Å². The molecule has 0 aliphatic heterocycles. The van der Waals surface area contributed by atoms with Crippen molar-refractivity contribution >= 4 is 27.2 Å². The number of hydrogen-bond donors (Lipinski definition) is 0. The summed E-state index contributed by atoms with van der Waals surface area (Å²) in [7, 11) is 0. The average molecular weight is 813 g/mol. The summed E-state index contributed by atoms with van der Waals surface area (Å²) in [6.45, 7) is 8.47. The molecule has 0 unspecified atom stereocenters. The van der Waals surface area contributed by atoms with E-state index in [0.717, 1.165) is 72.0 Å². The first kappa shape index (κ1) is 37.0. The van der Waals surface area contributed by atoms with Crippen LogP contribution < -0.4 is 0 Å². The molecule has 0 N–H and O–H groups in total. The zero-order chi connectivity index (χ0) is 42.6. The smallest absolute Gasteiger partial charge is 0.202 e. The minimum absolute atomic E-state index is 0.610. The van der Waals surface area contributed by atoms with Gasteiger partial charge in [-0.25, -0.2) is 19.8 Å². The van der Waals surface area contributed by atoms with Crippen LogP contribution in [0, 0.1) is 6.57 Å². The quantitative estimate of drug-likeness (QED) is 0.151. The summed E-state index contributed by atoms with van der Waals surface area (Å²) in [5.74, 6) is 1.87. The maximum absolute atomic E-state index is 8.47. The van der Waals surface area contributed by atoms with Crippen LogP contribution in [0.1, 0.15) is 0 Å². The minimum atomic E-state index is 0.610. The van der Waals surface area contributed by atoms with Crippen molar-refractivity contribution < 1.29 is 0 Å². The molecule has 4 heteroatoms. The summed E-state index contributed by atoms with van der Waals surface area (Å²) >= 11 is 0. The van der Waals surface area contributed by atoms with Crippen LogP contribution >= 0.6 is 0 Å². The van der Waals surface area contributed by atoms with Gasteiger partial charge in [0.1, 0.15) is 0 Å². The maximum atomic E-state index is 8.47. The van der Waals surface area contributed by atoms with E-state index < -0.39 is 0 Å². The molecule has 0 radical (unpaired) electrons. The van der Waals surface area contributed by atoms with Crippen LogP contribution in [0.25, 0.3) is 127 Å². The summed E-state index contributed by atoms with van der Waals surface area (Å²) in [4.78, 5) is 19.2. The summed E-state index contributed by atoms with van der Waals surface area (Å²) < 4.78 is 0. The van der Waals surface area contributed by atoms with Gasteiger partial charge in [0.25, 0.3) is 0 Å². The molecular formula is C60H36N4. The Labute approximate surface area is 371 Å². The average Bonchev–Trinajstić information content (AvgIpc) is 3.70. The van der Waals surface area contributed by atoms with E-state index in [9.17, 15) is 0 Å². The molecule has 1 aliphatic rings. The van der Waals surface area contributed by atoms with Crippen LogP contribution in [0.4, 0.5) is 5.69 Å². The van der Waals surface area contributed by atoms with Crippen molar-refractivity contribution in [1.82, 2.24) is 15.0 Å². The molecule has 0 saturated carbocycles. The van der Waals surface area contributed by atoms with E-state index in [0.29, 0.717) is 23.2 Å². The Balaban J connectivity index is 0.880. The van der Waals surface area contributed by atoms with Crippen LogP contribution in [-0.4, -0.2) is 15.0 Å². The van der Waals surface area contributed by atoms with Crippen LogP contribution in [0.15, 0.2) is 218 Å². The van der Waals surface area contributed by atoms with Crippen LogP contribution in [0.3, 0.4) is 0 Å². The van der Waals surface area contributed by atoms with Crippen molar-refractivity contribution in [3.8, 4) is 101 Å². The highest BCUT2D eigenvalue weighted by Gasteiger charge is 2.22. The molecular weight excluding hydrogens is 777 g/mol. The van der Waals surface area contributed by atoms with Gasteiger partial charge in [0, 0.05) is 16.7 Å². The summed E-state index contributed by atoms with van der Waals surface area (Å²) in [5, 5.41) is 4.78. The van der Waals surface area contributed by atoms with Crippen LogP contribution in [0.2, 0.25) is 0 Å². The van der Waals surface area contributed by atoms with E-state index in [-0.39, 0.29) is 0 Å². The zero-order valence-corrected chi connectivity index (χ0v) is 34.6. The predicted octanol–water partition coefficient (Wildman–Crippen LogP) is 16.0. The van der Waals surface area contributed by atoms with Gasteiger partial charge in [0.2, 0.25) is 5.69 Å². The van der Waals surface area contributed by atoms with Gasteiger partial charge in [0.15, 0.2) is 17.5 Å². The maximum Gasteiger partial charge on any atom is 0.202 e. The number of rotatable bonds is 7. The number of hydrogen-bond acceptors (Lipinski definition) is 3. The third kappa shape index (κ3) is 6.35. The summed E-state index contributed by atoms with van der Waals surface area (Å²) in [6.07, 6.45) is 0. The van der Waals surface area contributed by atoms with Gasteiger partial charge in [-0.05, 0) is 113 Å². The Bertz CT molecular complexity index is 3670. The molecule has 1 aromatic heterocycles. The highest BCUT2D eigenvalue weighted by Crippen LogP contribution is 2.49. The first-order chi connectivity index (χ1) is 31.7. The Hall–Kier alpha value is -8.78. The van der Waals surface area contributed by atoms with Gasteiger partial charge in [-0.15, -0.1) is 0 Å². The van der Waals surface area contributed by atoms with E-state index in [2.05, 4.69) is 181 Å². The molecule has 0 fully saturated rings. The fourth-order valence-electron chi connectivity index (χ4n) is 9.42. The fourth-order valence-corrected chi connectivity index (χ4v) is 9.42. The number of aromatic nitrogens is 3. The first-order valence-electron chi connectivity index (χ1n) is 21.5. The molecule has 0 bridgehead atoms. The normalized spacial score (nSPS) is 11.4. The second kappa shape index (κ2) is 15.3. The molecule has 12 rings (SSSR count). The van der Waals surface area contributed by atoms with Crippen molar-refractivity contribution in [2.75, 3.05) is 0 Å². The molecule has 4 nitrogen and oxygen atoms in total. The van der Waals surface area contributed by atoms with E-state index in [1.54, 1.807) is 0 Å². The van der Waals surface area contributed by atoms with E-state index in [1.807, 2.05) is 42.5 Å². The number of nitrogens with zero attached hydrogens (tertiary/aromatic N) is 4. The van der Waals surface area contributed by atoms with Gasteiger partial charge < -0.3 is 0 Å². The Morgan fingerprint density at radius 2 is 0.750 bits per heavy atom. The van der Waals surface area contributed by atoms with Crippen molar-refractivity contribution in [2.45, 2.75) is 0 Å². The lowest BCUT2D eigenvalue weighted by atomic mass is 9.91. The van der Waals surface area contributed by atoms with Gasteiger partial charge in [-0.1, -0.05) is 194 Å². The van der Waals surface area contributed by atoms with Crippen molar-refractivity contribution in [1.29, 1.82) is 0 Å². The van der Waals surface area contributed by atoms with Crippen molar-refractivity contribution in [3.63, 3.8) is 0 Å². The first-order valence-corrected chi connectivity index (χ1v) is 21.5. The Morgan fingerprint density at radius 3 is 1.47 bits per heavy atom. The highest BCUT2D eigenvalue weighted by atomic mass is 15.0. The second-order valence-electron chi connectivity index (χ2n) is 16.2. The fraction of sp³-hybridized carbons (Fsp3) is 0. The lowest BCUT2D eigenvalue weighted by Gasteiger charge is -2.14. The van der Waals surface area contributed by atoms with Gasteiger partial charge >= 0.3 is 0 Å². The molecule has 296 valence electrons. The Kier molecular flexibility index (Phi) is 8.84. The molecule has 11 aromatic rings. The SMILES string of the molecule is [C-]#[N+]c1c(-c2cccc(-c3ccc(-c4nc(-c5ccccc5)nc(-c5cccc6ccccc56)n4)cc3)c2)cccc1-c1cccc(-c2cc3c4c(cccc4c2)-c2ccccc2-3)c1. The Morgan fingerprint density at radius 1 is 0.281 bits per heavy atom. The summed E-state index contributed by atoms with van der Waals surface area (Å²) in [5.41, 5.74) is 16.8. The largest absolute Gasteiger partial charge is 0.237 e. The molecule has 0 spiro atoms. The third-order valence-electron chi connectivity index (χ3n) is 12.5. The molecule has 10 aromatic carbocycles. The highest BCUT2D eigenvalue weighted by molar-refractivity contribution is 6.16. The van der Waals surface area contributed by atoms with Gasteiger partial charge in [0.05, 0.1) is 6.57 Å². The summed E-state index contributed by atoms with van der Waals surface area (Å²) in [6, 6.07) is 76.2. The molecule has 0 atom stereocenters. The topological polar surface area (TPSA) is 43.0 Å². The molecule has 64 heavy (non-hydrogen) atoms. The molecule has 0 amide bonds. The zero-order valence-electron chi connectivity index (χ0n) is 34.6. The number of para-hydroxylation sites is 1. The predicted molar refractivity (Wildman–Crippen MR) is 264 cm³/mol. The number of benzene rings is 10. The van der Waals surface area contributed by atoms with E-state index in [4.69, 9.17) is 21.5 Å². The van der Waals surface area contributed by atoms with Crippen LogP contribution in [0.5, 0.6) is 0 Å². The molecule has 1 aliphatic carbocycles. The second-order valence-corrected chi connectivity index (χ2v) is 16.2.